The van der Waals surface area contributed by atoms with Crippen LogP contribution in [0.2, 0.25) is 5.02 Å². The summed E-state index contributed by atoms with van der Waals surface area (Å²) in [4.78, 5) is 18.5. The number of ether oxygens (including phenoxy) is 1. The van der Waals surface area contributed by atoms with Crippen LogP contribution in [0.15, 0.2) is 35.5 Å². The number of fused-ring (bicyclic) bond motifs is 2. The predicted molar refractivity (Wildman–Crippen MR) is 110 cm³/mol. The Balaban J connectivity index is 1.65. The van der Waals surface area contributed by atoms with Gasteiger partial charge in [-0.25, -0.2) is 13.2 Å². The molecule has 4 rings (SSSR count). The highest BCUT2D eigenvalue weighted by atomic mass is 35.5. The standard InChI is InChI=1S/C20H24ClN3O4S/c1-20(2,3)28-19(25)23-9-7-16-15(23)8-10-24(16)29(26,27)17-6-4-5-13-11-22-12-14(21)18(13)17/h4-6,11-12,15-16H,7-10H2,1-3H3/t15-,16-/m0/s1. The van der Waals surface area contributed by atoms with E-state index in [1.165, 1.54) is 10.5 Å². The van der Waals surface area contributed by atoms with Crippen LogP contribution in [0.5, 0.6) is 0 Å². The molecule has 156 valence electrons. The van der Waals surface area contributed by atoms with E-state index in [1.54, 1.807) is 29.3 Å². The van der Waals surface area contributed by atoms with Gasteiger partial charge in [-0.15, -0.1) is 0 Å². The third-order valence-electron chi connectivity index (χ3n) is 5.44. The Bertz CT molecular complexity index is 1060. The third kappa shape index (κ3) is 3.58. The second kappa shape index (κ2) is 7.11. The van der Waals surface area contributed by atoms with Crippen molar-refractivity contribution in [3.63, 3.8) is 0 Å². The molecule has 0 saturated carbocycles. The van der Waals surface area contributed by atoms with Gasteiger partial charge in [0.25, 0.3) is 0 Å². The number of carbonyl (C=O) groups excluding carboxylic acids is 1. The molecule has 2 aromatic rings. The number of amides is 1. The first-order valence-corrected chi connectivity index (χ1v) is 11.4. The van der Waals surface area contributed by atoms with Crippen LogP contribution < -0.4 is 0 Å². The van der Waals surface area contributed by atoms with Gasteiger partial charge in [0, 0.05) is 42.3 Å². The fourth-order valence-electron chi connectivity index (χ4n) is 4.29. The molecule has 1 amide bonds. The van der Waals surface area contributed by atoms with E-state index in [9.17, 15) is 13.2 Å². The number of halogens is 1. The fourth-order valence-corrected chi connectivity index (χ4v) is 6.55. The second-order valence-electron chi connectivity index (χ2n) is 8.48. The summed E-state index contributed by atoms with van der Waals surface area (Å²) in [6.45, 7) is 6.31. The van der Waals surface area contributed by atoms with Gasteiger partial charge in [0.15, 0.2) is 0 Å². The van der Waals surface area contributed by atoms with Crippen LogP contribution in [0.3, 0.4) is 0 Å². The van der Waals surface area contributed by atoms with Crippen LogP contribution in [0.25, 0.3) is 10.8 Å². The van der Waals surface area contributed by atoms with Crippen molar-refractivity contribution in [2.75, 3.05) is 13.1 Å². The molecule has 2 aliphatic heterocycles. The average Bonchev–Trinajstić information content (AvgIpc) is 3.21. The zero-order chi connectivity index (χ0) is 21.0. The van der Waals surface area contributed by atoms with Gasteiger partial charge in [0.05, 0.1) is 16.0 Å². The molecule has 0 bridgehead atoms. The van der Waals surface area contributed by atoms with Crippen LogP contribution in [-0.4, -0.2) is 59.5 Å². The van der Waals surface area contributed by atoms with Crippen molar-refractivity contribution in [2.24, 2.45) is 0 Å². The molecule has 29 heavy (non-hydrogen) atoms. The van der Waals surface area contributed by atoms with Crippen LogP contribution in [0.4, 0.5) is 4.79 Å². The molecular weight excluding hydrogens is 414 g/mol. The van der Waals surface area contributed by atoms with E-state index < -0.39 is 15.6 Å². The summed E-state index contributed by atoms with van der Waals surface area (Å²) in [5.74, 6) is 0. The van der Waals surface area contributed by atoms with Gasteiger partial charge in [-0.1, -0.05) is 23.7 Å². The topological polar surface area (TPSA) is 79.8 Å². The highest BCUT2D eigenvalue weighted by molar-refractivity contribution is 7.89. The molecule has 2 fully saturated rings. The lowest BCUT2D eigenvalue weighted by Crippen LogP contribution is -2.43. The SMILES string of the molecule is CC(C)(C)OC(=O)N1CC[C@H]2[C@@H]1CCN2S(=O)(=O)c1cccc2cncc(Cl)c12. The number of sulfonamides is 1. The summed E-state index contributed by atoms with van der Waals surface area (Å²) in [7, 11) is -3.78. The molecule has 0 N–H and O–H groups in total. The molecule has 0 spiro atoms. The summed E-state index contributed by atoms with van der Waals surface area (Å²) in [5.41, 5.74) is -0.590. The van der Waals surface area contributed by atoms with Crippen molar-refractivity contribution < 1.29 is 17.9 Å². The molecule has 7 nitrogen and oxygen atoms in total. The van der Waals surface area contributed by atoms with Crippen LogP contribution >= 0.6 is 11.6 Å². The monoisotopic (exact) mass is 437 g/mol. The molecule has 0 aliphatic carbocycles. The predicted octanol–water partition coefficient (Wildman–Crippen LogP) is 3.66. The number of hydrogen-bond acceptors (Lipinski definition) is 5. The highest BCUT2D eigenvalue weighted by Gasteiger charge is 2.50. The maximum absolute atomic E-state index is 13.6. The summed E-state index contributed by atoms with van der Waals surface area (Å²) in [6, 6.07) is 4.63. The van der Waals surface area contributed by atoms with Gasteiger partial charge < -0.3 is 9.64 Å². The summed E-state index contributed by atoms with van der Waals surface area (Å²) >= 11 is 6.30. The lowest BCUT2D eigenvalue weighted by molar-refractivity contribution is 0.0225. The Kier molecular flexibility index (Phi) is 4.99. The number of carbonyl (C=O) groups is 1. The van der Waals surface area contributed by atoms with Gasteiger partial charge >= 0.3 is 6.09 Å². The number of rotatable bonds is 2. The lowest BCUT2D eigenvalue weighted by Gasteiger charge is -2.28. The Hall–Kier alpha value is -1.90. The first kappa shape index (κ1) is 20.4. The number of likely N-dealkylation sites (tertiary alicyclic amines) is 1. The number of pyridine rings is 1. The van der Waals surface area contributed by atoms with Gasteiger partial charge in [-0.2, -0.15) is 4.31 Å². The number of hydrogen-bond donors (Lipinski definition) is 0. The first-order chi connectivity index (χ1) is 13.6. The Morgan fingerprint density at radius 1 is 1.17 bits per heavy atom. The molecule has 2 atom stereocenters. The Labute approximate surface area is 175 Å². The summed E-state index contributed by atoms with van der Waals surface area (Å²) in [6.07, 6.45) is 3.85. The molecule has 2 saturated heterocycles. The van der Waals surface area contributed by atoms with Gasteiger partial charge in [-0.05, 0) is 39.7 Å². The van der Waals surface area contributed by atoms with Crippen LogP contribution in [0, 0.1) is 0 Å². The molecule has 3 heterocycles. The molecule has 2 aliphatic rings. The van der Waals surface area contributed by atoms with Gasteiger partial charge in [-0.3, -0.25) is 4.98 Å². The number of aromatic nitrogens is 1. The summed E-state index contributed by atoms with van der Waals surface area (Å²) < 4.78 is 34.1. The minimum absolute atomic E-state index is 0.174. The average molecular weight is 438 g/mol. The van der Waals surface area contributed by atoms with Crippen LogP contribution in [-0.2, 0) is 14.8 Å². The lowest BCUT2D eigenvalue weighted by atomic mass is 10.1. The van der Waals surface area contributed by atoms with E-state index in [-0.39, 0.29) is 23.1 Å². The normalized spacial score (nSPS) is 22.8. The van der Waals surface area contributed by atoms with Gasteiger partial charge in [0.2, 0.25) is 10.0 Å². The highest BCUT2D eigenvalue weighted by Crippen LogP contribution is 2.38. The molecule has 0 radical (unpaired) electrons. The van der Waals surface area contributed by atoms with E-state index in [0.29, 0.717) is 41.7 Å². The molecule has 9 heteroatoms. The summed E-state index contributed by atoms with van der Waals surface area (Å²) in [5, 5.41) is 1.46. The Morgan fingerprint density at radius 2 is 1.90 bits per heavy atom. The zero-order valence-electron chi connectivity index (χ0n) is 16.6. The second-order valence-corrected chi connectivity index (χ2v) is 10.7. The van der Waals surface area contributed by atoms with E-state index in [1.807, 2.05) is 20.8 Å². The molecule has 0 unspecified atom stereocenters. The maximum atomic E-state index is 13.6. The third-order valence-corrected chi connectivity index (χ3v) is 7.69. The van der Waals surface area contributed by atoms with Crippen molar-refractivity contribution in [1.29, 1.82) is 0 Å². The van der Waals surface area contributed by atoms with E-state index in [0.717, 1.165) is 0 Å². The first-order valence-electron chi connectivity index (χ1n) is 9.63. The Morgan fingerprint density at radius 3 is 2.62 bits per heavy atom. The van der Waals surface area contributed by atoms with Crippen molar-refractivity contribution in [3.8, 4) is 0 Å². The molecule has 1 aromatic heterocycles. The maximum Gasteiger partial charge on any atom is 0.410 e. The van der Waals surface area contributed by atoms with Crippen molar-refractivity contribution in [1.82, 2.24) is 14.2 Å². The van der Waals surface area contributed by atoms with Crippen molar-refractivity contribution >= 4 is 38.5 Å². The largest absolute Gasteiger partial charge is 0.444 e. The van der Waals surface area contributed by atoms with Crippen LogP contribution in [0.1, 0.15) is 33.6 Å². The quantitative estimate of drug-likeness (QED) is 0.716. The molecule has 1 aromatic carbocycles. The van der Waals surface area contributed by atoms with Gasteiger partial charge in [0.1, 0.15) is 5.60 Å². The van der Waals surface area contributed by atoms with E-state index in [2.05, 4.69) is 4.98 Å². The van der Waals surface area contributed by atoms with Crippen molar-refractivity contribution in [2.45, 2.75) is 56.2 Å². The minimum Gasteiger partial charge on any atom is -0.444 e. The molecular formula is C20H24ClN3O4S. The fraction of sp³-hybridized carbons (Fsp3) is 0.500. The van der Waals surface area contributed by atoms with E-state index >= 15 is 0 Å². The number of benzene rings is 1. The zero-order valence-corrected chi connectivity index (χ0v) is 18.2. The smallest absolute Gasteiger partial charge is 0.410 e. The van der Waals surface area contributed by atoms with E-state index in [4.69, 9.17) is 16.3 Å². The number of nitrogens with zero attached hydrogens (tertiary/aromatic N) is 3. The van der Waals surface area contributed by atoms with Crippen molar-refractivity contribution in [3.05, 3.63) is 35.6 Å². The minimum atomic E-state index is -3.78.